The zero-order valence-electron chi connectivity index (χ0n) is 10.5. The predicted octanol–water partition coefficient (Wildman–Crippen LogP) is 3.69. The maximum absolute atomic E-state index is 12.0. The smallest absolute Gasteiger partial charge is 0.277 e. The Morgan fingerprint density at radius 1 is 1.15 bits per heavy atom. The van der Waals surface area contributed by atoms with Gasteiger partial charge in [0.05, 0.1) is 5.71 Å². The first-order valence-electron chi connectivity index (χ1n) is 5.90. The molecule has 0 saturated carbocycles. The van der Waals surface area contributed by atoms with Gasteiger partial charge in [-0.1, -0.05) is 29.8 Å². The summed E-state index contributed by atoms with van der Waals surface area (Å²) < 4.78 is 0. The predicted molar refractivity (Wildman–Crippen MR) is 87.2 cm³/mol. The number of fused-ring (bicyclic) bond motifs is 1. The van der Waals surface area contributed by atoms with E-state index in [9.17, 15) is 4.79 Å². The lowest BCUT2D eigenvalue weighted by Gasteiger charge is -2.17. The Labute approximate surface area is 132 Å². The van der Waals surface area contributed by atoms with E-state index in [0.29, 0.717) is 28.4 Å². The van der Waals surface area contributed by atoms with Crippen LogP contribution in [-0.4, -0.2) is 11.6 Å². The summed E-state index contributed by atoms with van der Waals surface area (Å²) in [5.41, 5.74) is 9.56. The van der Waals surface area contributed by atoms with E-state index in [1.807, 2.05) is 12.1 Å². The molecule has 1 heterocycles. The van der Waals surface area contributed by atoms with Crippen molar-refractivity contribution in [2.24, 2.45) is 4.99 Å². The topological polar surface area (TPSA) is 55.4 Å². The van der Waals surface area contributed by atoms with Crippen molar-refractivity contribution in [3.63, 3.8) is 0 Å². The fourth-order valence-electron chi connectivity index (χ4n) is 2.23. The van der Waals surface area contributed by atoms with E-state index >= 15 is 0 Å². The minimum absolute atomic E-state index is 0. The molecule has 0 unspecified atom stereocenters. The van der Waals surface area contributed by atoms with Crippen LogP contribution in [0.4, 0.5) is 5.69 Å². The second-order valence-corrected chi connectivity index (χ2v) is 4.86. The molecule has 0 saturated heterocycles. The number of rotatable bonds is 1. The number of amides is 1. The van der Waals surface area contributed by atoms with Crippen molar-refractivity contribution >= 4 is 45.9 Å². The minimum atomic E-state index is -0.247. The van der Waals surface area contributed by atoms with E-state index in [1.54, 1.807) is 30.3 Å². The maximum Gasteiger partial charge on any atom is 0.277 e. The van der Waals surface area contributed by atoms with Gasteiger partial charge in [-0.15, -0.1) is 17.0 Å². The van der Waals surface area contributed by atoms with Crippen LogP contribution in [0.25, 0.3) is 0 Å². The average Bonchev–Trinajstić information content (AvgIpc) is 2.40. The number of nitrogens with zero attached hydrogens (tertiary/aromatic N) is 1. The van der Waals surface area contributed by atoms with Crippen LogP contribution in [0.15, 0.2) is 47.5 Å². The van der Waals surface area contributed by atoms with Gasteiger partial charge in [0, 0.05) is 22.7 Å². The zero-order valence-corrected chi connectivity index (χ0v) is 12.9. The Hall–Kier alpha value is -1.65. The number of halogens is 2. The molecule has 0 aliphatic carbocycles. The molecule has 20 heavy (non-hydrogen) atoms. The van der Waals surface area contributed by atoms with Crippen LogP contribution in [-0.2, 0) is 6.42 Å². The molecule has 1 amide bonds. The van der Waals surface area contributed by atoms with Crippen molar-refractivity contribution in [2.45, 2.75) is 6.42 Å². The summed E-state index contributed by atoms with van der Waals surface area (Å²) in [7, 11) is 0. The van der Waals surface area contributed by atoms with Crippen LogP contribution in [0.5, 0.6) is 0 Å². The lowest BCUT2D eigenvalue weighted by atomic mass is 9.93. The van der Waals surface area contributed by atoms with Crippen LogP contribution in [0.3, 0.4) is 0 Å². The molecule has 0 aromatic heterocycles. The summed E-state index contributed by atoms with van der Waals surface area (Å²) in [6.07, 6.45) is 0.550. The molecular weight excluding hydrogens is 340 g/mol. The van der Waals surface area contributed by atoms with Crippen LogP contribution >= 0.6 is 28.6 Å². The number of carbonyl (C=O) groups is 1. The fraction of sp³-hybridized carbons (Fsp3) is 0.0667. The number of aliphatic imine (C=N–C) groups is 1. The molecule has 0 spiro atoms. The summed E-state index contributed by atoms with van der Waals surface area (Å²) in [5, 5.41) is 0.625. The molecule has 1 aliphatic heterocycles. The molecule has 0 fully saturated rings. The van der Waals surface area contributed by atoms with Gasteiger partial charge in [0.1, 0.15) is 0 Å². The van der Waals surface area contributed by atoms with E-state index in [-0.39, 0.29) is 22.9 Å². The summed E-state index contributed by atoms with van der Waals surface area (Å²) in [4.78, 5) is 16.2. The summed E-state index contributed by atoms with van der Waals surface area (Å²) in [6.45, 7) is 0. The first-order valence-corrected chi connectivity index (χ1v) is 6.28. The first-order chi connectivity index (χ1) is 9.15. The van der Waals surface area contributed by atoms with Crippen molar-refractivity contribution in [3.8, 4) is 0 Å². The number of nitrogens with two attached hydrogens (primary N) is 1. The minimum Gasteiger partial charge on any atom is -0.398 e. The third-order valence-electron chi connectivity index (χ3n) is 3.18. The highest BCUT2D eigenvalue weighted by Crippen LogP contribution is 2.25. The molecular formula is C15H12BrClN2O. The zero-order chi connectivity index (χ0) is 13.4. The monoisotopic (exact) mass is 350 g/mol. The second-order valence-electron chi connectivity index (χ2n) is 4.42. The van der Waals surface area contributed by atoms with Gasteiger partial charge in [-0.25, -0.2) is 4.99 Å². The molecule has 5 heteroatoms. The number of nitrogen functional groups attached to an aromatic ring is 1. The third kappa shape index (κ3) is 2.62. The third-order valence-corrected chi connectivity index (χ3v) is 3.42. The van der Waals surface area contributed by atoms with E-state index in [0.717, 1.165) is 11.1 Å². The Balaban J connectivity index is 0.00000147. The molecule has 3 rings (SSSR count). The van der Waals surface area contributed by atoms with Gasteiger partial charge in [0.2, 0.25) is 0 Å². The van der Waals surface area contributed by atoms with Gasteiger partial charge in [-0.05, 0) is 35.4 Å². The van der Waals surface area contributed by atoms with E-state index in [2.05, 4.69) is 4.99 Å². The van der Waals surface area contributed by atoms with E-state index in [1.165, 1.54) is 0 Å². The van der Waals surface area contributed by atoms with E-state index < -0.39 is 0 Å². The van der Waals surface area contributed by atoms with Crippen LogP contribution in [0.2, 0.25) is 5.02 Å². The first kappa shape index (κ1) is 14.8. The number of carbonyl (C=O) groups excluding carboxylic acids is 1. The lowest BCUT2D eigenvalue weighted by Crippen LogP contribution is -2.18. The quantitative estimate of drug-likeness (QED) is 0.797. The summed E-state index contributed by atoms with van der Waals surface area (Å²) in [6, 6.07) is 12.7. The fourth-order valence-corrected chi connectivity index (χ4v) is 2.42. The largest absolute Gasteiger partial charge is 0.398 e. The lowest BCUT2D eigenvalue weighted by molar-refractivity contribution is 0.100. The molecule has 2 aromatic rings. The van der Waals surface area contributed by atoms with Gasteiger partial charge in [-0.2, -0.15) is 0 Å². The molecule has 0 radical (unpaired) electrons. The van der Waals surface area contributed by atoms with E-state index in [4.69, 9.17) is 17.3 Å². The summed E-state index contributed by atoms with van der Waals surface area (Å²) >= 11 is 5.97. The Morgan fingerprint density at radius 2 is 1.90 bits per heavy atom. The Bertz CT molecular complexity index is 713. The number of benzene rings is 2. The Kier molecular flexibility index (Phi) is 4.26. The average molecular weight is 352 g/mol. The van der Waals surface area contributed by atoms with Gasteiger partial charge in [0.15, 0.2) is 0 Å². The van der Waals surface area contributed by atoms with Crippen LogP contribution < -0.4 is 5.73 Å². The molecule has 0 atom stereocenters. The second kappa shape index (κ2) is 5.77. The molecule has 0 bridgehead atoms. The number of anilines is 1. The SMILES string of the molecule is Br.Nc1cccc2c1CC(c1cccc(Cl)c1)=NC2=O. The normalized spacial score (nSPS) is 13.2. The number of hydrogen-bond acceptors (Lipinski definition) is 2. The Morgan fingerprint density at radius 3 is 2.65 bits per heavy atom. The van der Waals surface area contributed by atoms with Crippen LogP contribution in [0.1, 0.15) is 21.5 Å². The van der Waals surface area contributed by atoms with Gasteiger partial charge >= 0.3 is 0 Å². The highest BCUT2D eigenvalue weighted by molar-refractivity contribution is 8.93. The standard InChI is InChI=1S/C15H11ClN2O.BrH/c16-10-4-1-3-9(7-10)14-8-12-11(15(19)18-14)5-2-6-13(12)17;/h1-7H,8,17H2;1H. The van der Waals surface area contributed by atoms with Crippen molar-refractivity contribution in [1.29, 1.82) is 0 Å². The van der Waals surface area contributed by atoms with Crippen molar-refractivity contribution in [3.05, 3.63) is 64.2 Å². The molecule has 2 N–H and O–H groups in total. The molecule has 1 aliphatic rings. The van der Waals surface area contributed by atoms with Gasteiger partial charge in [-0.3, -0.25) is 4.79 Å². The summed E-state index contributed by atoms with van der Waals surface area (Å²) in [5.74, 6) is -0.247. The van der Waals surface area contributed by atoms with Crippen molar-refractivity contribution < 1.29 is 4.79 Å². The van der Waals surface area contributed by atoms with Gasteiger partial charge in [0.25, 0.3) is 5.91 Å². The van der Waals surface area contributed by atoms with Gasteiger partial charge < -0.3 is 5.73 Å². The maximum atomic E-state index is 12.0. The van der Waals surface area contributed by atoms with Crippen LogP contribution in [0, 0.1) is 0 Å². The molecule has 2 aromatic carbocycles. The highest BCUT2D eigenvalue weighted by Gasteiger charge is 2.21. The number of hydrogen-bond donors (Lipinski definition) is 1. The molecule has 102 valence electrons. The highest BCUT2D eigenvalue weighted by atomic mass is 79.9. The van der Waals surface area contributed by atoms with Crippen molar-refractivity contribution in [2.75, 3.05) is 5.73 Å². The molecule has 3 nitrogen and oxygen atoms in total. The van der Waals surface area contributed by atoms with Crippen molar-refractivity contribution in [1.82, 2.24) is 0 Å².